The Morgan fingerprint density at radius 2 is 2.14 bits per heavy atom. The Kier molecular flexibility index (Phi) is 2.93. The molecule has 0 aliphatic carbocycles. The van der Waals surface area contributed by atoms with Gasteiger partial charge in [-0.3, -0.25) is 4.79 Å². The summed E-state index contributed by atoms with van der Waals surface area (Å²) in [5, 5.41) is 17.3. The first-order chi connectivity index (χ1) is 6.43. The SMILES string of the molecule is NC(C(=O)O)c1c(F)cc(O)cc1Cl. The average Bonchev–Trinajstić information content (AvgIpc) is 2.01. The van der Waals surface area contributed by atoms with E-state index < -0.39 is 17.8 Å². The number of carboxylic acid groups (broad SMARTS) is 1. The Bertz CT molecular complexity index is 360. The molecule has 0 saturated heterocycles. The maximum absolute atomic E-state index is 13.1. The summed E-state index contributed by atoms with van der Waals surface area (Å²) in [4.78, 5) is 10.5. The van der Waals surface area contributed by atoms with Gasteiger partial charge in [-0.05, 0) is 6.07 Å². The number of nitrogens with two attached hydrogens (primary N) is 1. The van der Waals surface area contributed by atoms with E-state index in [1.807, 2.05) is 0 Å². The van der Waals surface area contributed by atoms with E-state index in [2.05, 4.69) is 0 Å². The second-order valence-electron chi connectivity index (χ2n) is 2.64. The van der Waals surface area contributed by atoms with Crippen molar-refractivity contribution in [1.29, 1.82) is 0 Å². The summed E-state index contributed by atoms with van der Waals surface area (Å²) < 4.78 is 13.1. The molecule has 6 heteroatoms. The monoisotopic (exact) mass is 219 g/mol. The second-order valence-corrected chi connectivity index (χ2v) is 3.05. The Morgan fingerprint density at radius 3 is 2.57 bits per heavy atom. The lowest BCUT2D eigenvalue weighted by atomic mass is 10.1. The highest BCUT2D eigenvalue weighted by molar-refractivity contribution is 6.31. The zero-order chi connectivity index (χ0) is 10.9. The molecular weight excluding hydrogens is 213 g/mol. The summed E-state index contributed by atoms with van der Waals surface area (Å²) in [6.45, 7) is 0. The van der Waals surface area contributed by atoms with Gasteiger partial charge in [0.2, 0.25) is 0 Å². The molecular formula is C8H7ClFNO3. The first-order valence-electron chi connectivity index (χ1n) is 3.59. The molecule has 0 aliphatic rings. The molecule has 0 aromatic heterocycles. The zero-order valence-electron chi connectivity index (χ0n) is 6.87. The van der Waals surface area contributed by atoms with Gasteiger partial charge in [0.05, 0.1) is 5.02 Å². The Hall–Kier alpha value is -1.33. The van der Waals surface area contributed by atoms with E-state index in [1.54, 1.807) is 0 Å². The number of hydrogen-bond acceptors (Lipinski definition) is 3. The van der Waals surface area contributed by atoms with E-state index >= 15 is 0 Å². The highest BCUT2D eigenvalue weighted by atomic mass is 35.5. The molecule has 0 radical (unpaired) electrons. The van der Waals surface area contributed by atoms with Crippen LogP contribution in [0.4, 0.5) is 4.39 Å². The molecule has 1 aromatic rings. The first-order valence-corrected chi connectivity index (χ1v) is 3.97. The predicted octanol–water partition coefficient (Wildman–Crippen LogP) is 1.27. The largest absolute Gasteiger partial charge is 0.508 e. The number of benzene rings is 1. The molecule has 0 amide bonds. The third kappa shape index (κ3) is 1.94. The van der Waals surface area contributed by atoms with Gasteiger partial charge < -0.3 is 15.9 Å². The fourth-order valence-electron chi connectivity index (χ4n) is 0.992. The second kappa shape index (κ2) is 3.81. The number of phenols is 1. The lowest BCUT2D eigenvalue weighted by molar-refractivity contribution is -0.138. The highest BCUT2D eigenvalue weighted by Crippen LogP contribution is 2.28. The number of carboxylic acids is 1. The van der Waals surface area contributed by atoms with E-state index in [1.165, 1.54) is 0 Å². The Labute approximate surface area is 83.7 Å². The molecule has 0 spiro atoms. The van der Waals surface area contributed by atoms with Crippen molar-refractivity contribution in [1.82, 2.24) is 0 Å². The van der Waals surface area contributed by atoms with Crippen molar-refractivity contribution in [2.45, 2.75) is 6.04 Å². The molecule has 4 N–H and O–H groups in total. The molecule has 14 heavy (non-hydrogen) atoms. The third-order valence-electron chi connectivity index (χ3n) is 1.64. The summed E-state index contributed by atoms with van der Waals surface area (Å²) in [7, 11) is 0. The topological polar surface area (TPSA) is 83.6 Å². The molecule has 1 rings (SSSR count). The number of phenolic OH excluding ortho intramolecular Hbond substituents is 1. The Morgan fingerprint density at radius 1 is 1.57 bits per heavy atom. The molecule has 1 atom stereocenters. The minimum Gasteiger partial charge on any atom is -0.508 e. The molecule has 0 heterocycles. The molecule has 0 bridgehead atoms. The van der Waals surface area contributed by atoms with Crippen LogP contribution in [0.5, 0.6) is 5.75 Å². The average molecular weight is 220 g/mol. The van der Waals surface area contributed by atoms with E-state index in [0.717, 1.165) is 12.1 Å². The molecule has 0 fully saturated rings. The van der Waals surface area contributed by atoms with Crippen molar-refractivity contribution in [3.05, 3.63) is 28.5 Å². The molecule has 76 valence electrons. The van der Waals surface area contributed by atoms with Gasteiger partial charge in [0.15, 0.2) is 0 Å². The zero-order valence-corrected chi connectivity index (χ0v) is 7.62. The van der Waals surface area contributed by atoms with Crippen LogP contribution in [-0.4, -0.2) is 16.2 Å². The van der Waals surface area contributed by atoms with E-state index in [0.29, 0.717) is 0 Å². The van der Waals surface area contributed by atoms with Gasteiger partial charge in [0, 0.05) is 11.6 Å². The van der Waals surface area contributed by atoms with Gasteiger partial charge >= 0.3 is 5.97 Å². The van der Waals surface area contributed by atoms with Crippen molar-refractivity contribution in [2.75, 3.05) is 0 Å². The molecule has 0 saturated carbocycles. The van der Waals surface area contributed by atoms with Crippen LogP contribution in [-0.2, 0) is 4.79 Å². The Balaban J connectivity index is 3.27. The minimum atomic E-state index is -1.54. The van der Waals surface area contributed by atoms with Crippen molar-refractivity contribution in [3.8, 4) is 5.75 Å². The maximum atomic E-state index is 13.1. The summed E-state index contributed by atoms with van der Waals surface area (Å²) in [5.74, 6) is -2.71. The summed E-state index contributed by atoms with van der Waals surface area (Å²) in [6, 6.07) is 0.246. The van der Waals surface area contributed by atoms with Crippen LogP contribution in [0.15, 0.2) is 12.1 Å². The maximum Gasteiger partial charge on any atom is 0.325 e. The number of halogens is 2. The standard InChI is InChI=1S/C8H7ClFNO3/c9-4-1-3(12)2-5(10)6(4)7(11)8(13)14/h1-2,7,12H,11H2,(H,13,14). The third-order valence-corrected chi connectivity index (χ3v) is 1.95. The van der Waals surface area contributed by atoms with Crippen LogP contribution in [0, 0.1) is 5.82 Å². The van der Waals surface area contributed by atoms with E-state index in [-0.39, 0.29) is 16.3 Å². The van der Waals surface area contributed by atoms with E-state index in [4.69, 9.17) is 27.5 Å². The van der Waals surface area contributed by atoms with Crippen molar-refractivity contribution in [3.63, 3.8) is 0 Å². The van der Waals surface area contributed by atoms with Gasteiger partial charge in [-0.2, -0.15) is 0 Å². The quantitative estimate of drug-likeness (QED) is 0.699. The van der Waals surface area contributed by atoms with Crippen molar-refractivity contribution < 1.29 is 19.4 Å². The van der Waals surface area contributed by atoms with Crippen LogP contribution in [0.25, 0.3) is 0 Å². The lowest BCUT2D eigenvalue weighted by Gasteiger charge is -2.10. The molecule has 1 unspecified atom stereocenters. The number of aromatic hydroxyl groups is 1. The minimum absolute atomic E-state index is 0.211. The summed E-state index contributed by atoms with van der Waals surface area (Å²) in [5.41, 5.74) is 4.85. The fourth-order valence-corrected chi connectivity index (χ4v) is 1.31. The lowest BCUT2D eigenvalue weighted by Crippen LogP contribution is -2.22. The normalized spacial score (nSPS) is 12.5. The van der Waals surface area contributed by atoms with Crippen molar-refractivity contribution >= 4 is 17.6 Å². The van der Waals surface area contributed by atoms with Gasteiger partial charge in [-0.25, -0.2) is 4.39 Å². The van der Waals surface area contributed by atoms with Gasteiger partial charge in [0.25, 0.3) is 0 Å². The van der Waals surface area contributed by atoms with Crippen LogP contribution in [0.2, 0.25) is 5.02 Å². The number of aliphatic carboxylic acids is 1. The van der Waals surface area contributed by atoms with Crippen LogP contribution >= 0.6 is 11.6 Å². The molecule has 0 aliphatic heterocycles. The van der Waals surface area contributed by atoms with Gasteiger partial charge in [0.1, 0.15) is 17.6 Å². The number of carbonyl (C=O) groups is 1. The number of rotatable bonds is 2. The van der Waals surface area contributed by atoms with E-state index in [9.17, 15) is 9.18 Å². The molecule has 1 aromatic carbocycles. The van der Waals surface area contributed by atoms with Gasteiger partial charge in [-0.15, -0.1) is 0 Å². The fraction of sp³-hybridized carbons (Fsp3) is 0.125. The summed E-state index contributed by atoms with van der Waals surface area (Å²) in [6.07, 6.45) is 0. The summed E-state index contributed by atoms with van der Waals surface area (Å²) >= 11 is 5.53. The van der Waals surface area contributed by atoms with Crippen LogP contribution < -0.4 is 5.73 Å². The smallest absolute Gasteiger partial charge is 0.325 e. The highest BCUT2D eigenvalue weighted by Gasteiger charge is 2.22. The molecule has 4 nitrogen and oxygen atoms in total. The first kappa shape index (κ1) is 10.7. The van der Waals surface area contributed by atoms with Crippen LogP contribution in [0.3, 0.4) is 0 Å². The van der Waals surface area contributed by atoms with Crippen LogP contribution in [0.1, 0.15) is 11.6 Å². The number of hydrogen-bond donors (Lipinski definition) is 3. The van der Waals surface area contributed by atoms with Gasteiger partial charge in [-0.1, -0.05) is 11.6 Å². The predicted molar refractivity (Wildman–Crippen MR) is 47.6 cm³/mol. The van der Waals surface area contributed by atoms with Crippen molar-refractivity contribution in [2.24, 2.45) is 5.73 Å².